The molecule has 1 fully saturated rings. The summed E-state index contributed by atoms with van der Waals surface area (Å²) in [6.45, 7) is 6.29. The second-order valence-electron chi connectivity index (χ2n) is 5.70. The zero-order valence-corrected chi connectivity index (χ0v) is 11.3. The van der Waals surface area contributed by atoms with Crippen LogP contribution in [0.4, 0.5) is 5.82 Å². The van der Waals surface area contributed by atoms with Crippen molar-refractivity contribution in [1.82, 2.24) is 15.5 Å². The van der Waals surface area contributed by atoms with Gasteiger partial charge in [0.25, 0.3) is 5.91 Å². The SMILES string of the molecule is Cc1[nH]nc(N)c1C(=O)NC1CC(C)CC(C)C1. The quantitative estimate of drug-likeness (QED) is 0.749. The third-order valence-electron chi connectivity index (χ3n) is 3.72. The van der Waals surface area contributed by atoms with Crippen LogP contribution < -0.4 is 11.1 Å². The predicted octanol–water partition coefficient (Wildman–Crippen LogP) is 1.85. The standard InChI is InChI=1S/C13H22N4O/c1-7-4-8(2)6-10(5-7)15-13(18)11-9(3)16-17-12(11)14/h7-8,10H,4-6H2,1-3H3,(H,15,18)(H3,14,16,17). The molecule has 0 aliphatic heterocycles. The van der Waals surface area contributed by atoms with Crippen LogP contribution in [0, 0.1) is 18.8 Å². The third-order valence-corrected chi connectivity index (χ3v) is 3.72. The molecule has 1 saturated carbocycles. The smallest absolute Gasteiger partial charge is 0.257 e. The van der Waals surface area contributed by atoms with E-state index in [1.807, 2.05) is 6.92 Å². The van der Waals surface area contributed by atoms with Crippen molar-refractivity contribution in [2.45, 2.75) is 46.1 Å². The summed E-state index contributed by atoms with van der Waals surface area (Å²) < 4.78 is 0. The Balaban J connectivity index is 2.03. The van der Waals surface area contributed by atoms with Gasteiger partial charge in [0.2, 0.25) is 0 Å². The van der Waals surface area contributed by atoms with Crippen molar-refractivity contribution in [3.8, 4) is 0 Å². The van der Waals surface area contributed by atoms with E-state index in [0.717, 1.165) is 18.5 Å². The molecule has 1 aliphatic carbocycles. The van der Waals surface area contributed by atoms with E-state index in [1.54, 1.807) is 0 Å². The lowest BCUT2D eigenvalue weighted by Crippen LogP contribution is -2.40. The van der Waals surface area contributed by atoms with Crippen molar-refractivity contribution in [3.05, 3.63) is 11.3 Å². The van der Waals surface area contributed by atoms with Crippen LogP contribution in [0.25, 0.3) is 0 Å². The maximum absolute atomic E-state index is 12.2. The molecule has 0 saturated heterocycles. The fraction of sp³-hybridized carbons (Fsp3) is 0.692. The summed E-state index contributed by atoms with van der Waals surface area (Å²) in [6.07, 6.45) is 3.35. The van der Waals surface area contributed by atoms with Crippen molar-refractivity contribution in [2.75, 3.05) is 5.73 Å². The van der Waals surface area contributed by atoms with Crippen molar-refractivity contribution in [3.63, 3.8) is 0 Å². The number of aromatic amines is 1. The summed E-state index contributed by atoms with van der Waals surface area (Å²) in [6, 6.07) is 0.255. The van der Waals surface area contributed by atoms with Gasteiger partial charge < -0.3 is 11.1 Å². The lowest BCUT2D eigenvalue weighted by atomic mass is 9.80. The minimum absolute atomic E-state index is 0.106. The summed E-state index contributed by atoms with van der Waals surface area (Å²) >= 11 is 0. The van der Waals surface area contributed by atoms with E-state index in [9.17, 15) is 4.79 Å². The van der Waals surface area contributed by atoms with Gasteiger partial charge in [-0.25, -0.2) is 0 Å². The highest BCUT2D eigenvalue weighted by atomic mass is 16.1. The average molecular weight is 250 g/mol. The van der Waals surface area contributed by atoms with E-state index < -0.39 is 0 Å². The Morgan fingerprint density at radius 1 is 1.33 bits per heavy atom. The number of rotatable bonds is 2. The number of H-pyrrole nitrogens is 1. The number of nitrogens with two attached hydrogens (primary N) is 1. The first-order valence-corrected chi connectivity index (χ1v) is 6.58. The van der Waals surface area contributed by atoms with Crippen molar-refractivity contribution in [2.24, 2.45) is 11.8 Å². The van der Waals surface area contributed by atoms with Crippen LogP contribution >= 0.6 is 0 Å². The highest BCUT2D eigenvalue weighted by Crippen LogP contribution is 2.28. The summed E-state index contributed by atoms with van der Waals surface area (Å²) in [7, 11) is 0. The second kappa shape index (κ2) is 5.00. The van der Waals surface area contributed by atoms with Gasteiger partial charge in [-0.3, -0.25) is 9.89 Å². The van der Waals surface area contributed by atoms with E-state index in [1.165, 1.54) is 6.42 Å². The van der Waals surface area contributed by atoms with Gasteiger partial charge in [0.1, 0.15) is 5.56 Å². The van der Waals surface area contributed by atoms with Gasteiger partial charge in [0, 0.05) is 11.7 Å². The summed E-state index contributed by atoms with van der Waals surface area (Å²) in [5, 5.41) is 9.67. The largest absolute Gasteiger partial charge is 0.382 e. The zero-order chi connectivity index (χ0) is 13.3. The van der Waals surface area contributed by atoms with Gasteiger partial charge in [-0.2, -0.15) is 5.10 Å². The molecule has 0 spiro atoms. The van der Waals surface area contributed by atoms with Crippen LogP contribution in [0.1, 0.15) is 49.2 Å². The molecule has 2 atom stereocenters. The van der Waals surface area contributed by atoms with E-state index in [0.29, 0.717) is 17.4 Å². The average Bonchev–Trinajstić information content (AvgIpc) is 2.56. The minimum Gasteiger partial charge on any atom is -0.382 e. The molecule has 1 aliphatic rings. The molecule has 0 bridgehead atoms. The molecular weight excluding hydrogens is 228 g/mol. The lowest BCUT2D eigenvalue weighted by molar-refractivity contribution is 0.0911. The first-order chi connectivity index (χ1) is 8.47. The van der Waals surface area contributed by atoms with Gasteiger partial charge in [-0.1, -0.05) is 13.8 Å². The van der Waals surface area contributed by atoms with Gasteiger partial charge in [0.15, 0.2) is 5.82 Å². The monoisotopic (exact) mass is 250 g/mol. The van der Waals surface area contributed by atoms with Crippen LogP contribution in [0.15, 0.2) is 0 Å². The van der Waals surface area contributed by atoms with Crippen molar-refractivity contribution in [1.29, 1.82) is 0 Å². The molecule has 18 heavy (non-hydrogen) atoms. The maximum Gasteiger partial charge on any atom is 0.257 e. The molecule has 4 N–H and O–H groups in total. The normalized spacial score (nSPS) is 28.1. The number of carbonyl (C=O) groups excluding carboxylic acids is 1. The molecule has 1 amide bonds. The highest BCUT2D eigenvalue weighted by molar-refractivity contribution is 5.99. The fourth-order valence-corrected chi connectivity index (χ4v) is 3.06. The topological polar surface area (TPSA) is 83.8 Å². The third kappa shape index (κ3) is 2.66. The molecule has 100 valence electrons. The number of nitrogen functional groups attached to an aromatic ring is 1. The lowest BCUT2D eigenvalue weighted by Gasteiger charge is -2.31. The molecule has 5 heteroatoms. The molecule has 2 unspecified atom stereocenters. The predicted molar refractivity (Wildman–Crippen MR) is 71.2 cm³/mol. The Bertz CT molecular complexity index is 411. The Labute approximate surface area is 108 Å². The molecule has 0 radical (unpaired) electrons. The van der Waals surface area contributed by atoms with Gasteiger partial charge in [-0.15, -0.1) is 0 Å². The maximum atomic E-state index is 12.2. The zero-order valence-electron chi connectivity index (χ0n) is 11.3. The highest BCUT2D eigenvalue weighted by Gasteiger charge is 2.26. The number of anilines is 1. The molecule has 5 nitrogen and oxygen atoms in total. The Morgan fingerprint density at radius 3 is 2.44 bits per heavy atom. The van der Waals surface area contributed by atoms with E-state index in [4.69, 9.17) is 5.73 Å². The van der Waals surface area contributed by atoms with Crippen LogP contribution in [0.3, 0.4) is 0 Å². The number of aryl methyl sites for hydroxylation is 1. The molecule has 0 aromatic carbocycles. The number of nitrogens with one attached hydrogen (secondary N) is 2. The number of hydrogen-bond acceptors (Lipinski definition) is 3. The Morgan fingerprint density at radius 2 is 1.94 bits per heavy atom. The Kier molecular flexibility index (Phi) is 3.59. The summed E-state index contributed by atoms with van der Waals surface area (Å²) in [5.41, 5.74) is 6.91. The first kappa shape index (κ1) is 12.9. The second-order valence-corrected chi connectivity index (χ2v) is 5.70. The van der Waals surface area contributed by atoms with Crippen molar-refractivity contribution >= 4 is 11.7 Å². The Hall–Kier alpha value is -1.52. The fourth-order valence-electron chi connectivity index (χ4n) is 3.06. The molecule has 2 rings (SSSR count). The first-order valence-electron chi connectivity index (χ1n) is 6.58. The van der Waals surface area contributed by atoms with Gasteiger partial charge >= 0.3 is 0 Å². The van der Waals surface area contributed by atoms with Gasteiger partial charge in [0.05, 0.1) is 0 Å². The van der Waals surface area contributed by atoms with Crippen LogP contribution in [0.2, 0.25) is 0 Å². The minimum atomic E-state index is -0.106. The van der Waals surface area contributed by atoms with E-state index >= 15 is 0 Å². The van der Waals surface area contributed by atoms with Crippen LogP contribution in [-0.2, 0) is 0 Å². The summed E-state index contributed by atoms with van der Waals surface area (Å²) in [4.78, 5) is 12.2. The van der Waals surface area contributed by atoms with Crippen LogP contribution in [0.5, 0.6) is 0 Å². The number of amides is 1. The molecule has 1 aromatic rings. The summed E-state index contributed by atoms with van der Waals surface area (Å²) in [5.74, 6) is 1.51. The van der Waals surface area contributed by atoms with Crippen LogP contribution in [-0.4, -0.2) is 22.1 Å². The van der Waals surface area contributed by atoms with Crippen molar-refractivity contribution < 1.29 is 4.79 Å². The molecular formula is C13H22N4O. The van der Waals surface area contributed by atoms with E-state index in [2.05, 4.69) is 29.4 Å². The molecule has 1 heterocycles. The van der Waals surface area contributed by atoms with Gasteiger partial charge in [-0.05, 0) is 38.0 Å². The molecule has 1 aromatic heterocycles. The number of nitrogens with zero attached hydrogens (tertiary/aromatic N) is 1. The number of carbonyl (C=O) groups is 1. The van der Waals surface area contributed by atoms with E-state index in [-0.39, 0.29) is 17.8 Å². The number of hydrogen-bond donors (Lipinski definition) is 3. The number of aromatic nitrogens is 2.